The number of morpholine rings is 1. The Balaban J connectivity index is 1.92. The lowest BCUT2D eigenvalue weighted by Crippen LogP contribution is -2.56. The molecule has 1 aliphatic rings. The van der Waals surface area contributed by atoms with E-state index in [4.69, 9.17) is 4.74 Å². The number of likely N-dealkylation sites (N-methyl/N-ethyl adjacent to an activating group) is 1. The summed E-state index contributed by atoms with van der Waals surface area (Å²) in [6, 6.07) is 10.3. The number of benzene rings is 1. The number of carbonyl (C=O) groups is 1. The van der Waals surface area contributed by atoms with E-state index in [1.165, 1.54) is 5.56 Å². The highest BCUT2D eigenvalue weighted by atomic mass is 16.5. The number of carbonyl (C=O) groups excluding carboxylic acids is 1. The molecule has 0 aliphatic carbocycles. The molecule has 1 amide bonds. The van der Waals surface area contributed by atoms with Crippen molar-refractivity contribution in [3.63, 3.8) is 0 Å². The third-order valence-corrected chi connectivity index (χ3v) is 4.98. The monoisotopic (exact) mass is 389 g/mol. The van der Waals surface area contributed by atoms with Crippen molar-refractivity contribution in [3.05, 3.63) is 35.9 Å². The summed E-state index contributed by atoms with van der Waals surface area (Å²) in [6.45, 7) is 9.48. The minimum atomic E-state index is -0.0305. The van der Waals surface area contributed by atoms with Crippen LogP contribution in [0.1, 0.15) is 19.4 Å². The van der Waals surface area contributed by atoms with Crippen LogP contribution >= 0.6 is 0 Å². The van der Waals surface area contributed by atoms with Gasteiger partial charge in [0.25, 0.3) is 0 Å². The van der Waals surface area contributed by atoms with E-state index in [1.54, 1.807) is 19.0 Å². The molecule has 7 heteroatoms. The van der Waals surface area contributed by atoms with Gasteiger partial charge in [0.1, 0.15) is 6.54 Å². The van der Waals surface area contributed by atoms with E-state index in [-0.39, 0.29) is 18.0 Å². The molecule has 1 fully saturated rings. The molecule has 0 spiro atoms. The van der Waals surface area contributed by atoms with Crippen LogP contribution in [-0.4, -0.2) is 87.2 Å². The highest BCUT2D eigenvalue weighted by Crippen LogP contribution is 2.15. The highest BCUT2D eigenvalue weighted by Gasteiger charge is 2.28. The zero-order valence-electron chi connectivity index (χ0n) is 17.7. The van der Waals surface area contributed by atoms with Gasteiger partial charge in [0.15, 0.2) is 5.96 Å². The summed E-state index contributed by atoms with van der Waals surface area (Å²) in [6.07, 6.45) is 0.899. The Morgan fingerprint density at radius 3 is 2.50 bits per heavy atom. The Bertz CT molecular complexity index is 625. The second kappa shape index (κ2) is 11.0. The molecule has 0 radical (unpaired) electrons. The predicted octanol–water partition coefficient (Wildman–Crippen LogP) is 0.963. The van der Waals surface area contributed by atoms with Crippen molar-refractivity contribution in [2.75, 3.05) is 60.0 Å². The van der Waals surface area contributed by atoms with E-state index in [1.807, 2.05) is 18.2 Å². The van der Waals surface area contributed by atoms with Gasteiger partial charge < -0.3 is 20.3 Å². The van der Waals surface area contributed by atoms with E-state index in [2.05, 4.69) is 46.5 Å². The van der Waals surface area contributed by atoms with E-state index in [0.29, 0.717) is 5.96 Å². The maximum absolute atomic E-state index is 11.9. The van der Waals surface area contributed by atoms with Gasteiger partial charge in [-0.2, -0.15) is 0 Å². The lowest BCUT2D eigenvalue weighted by Gasteiger charge is -2.41. The van der Waals surface area contributed by atoms with Gasteiger partial charge in [-0.1, -0.05) is 30.3 Å². The van der Waals surface area contributed by atoms with E-state index in [0.717, 1.165) is 45.8 Å². The maximum Gasteiger partial charge on any atom is 0.243 e. The molecule has 0 bridgehead atoms. The number of hydrogen-bond donors (Lipinski definition) is 2. The molecule has 1 aliphatic heterocycles. The van der Waals surface area contributed by atoms with E-state index >= 15 is 0 Å². The molecule has 0 unspecified atom stereocenters. The molecule has 2 N–H and O–H groups in total. The fraction of sp³-hybridized carbons (Fsp3) is 0.619. The lowest BCUT2D eigenvalue weighted by atomic mass is 10.0. The van der Waals surface area contributed by atoms with Crippen LogP contribution in [0.2, 0.25) is 0 Å². The fourth-order valence-electron chi connectivity index (χ4n) is 3.01. The number of ether oxygens (including phenoxy) is 1. The van der Waals surface area contributed by atoms with Crippen molar-refractivity contribution in [2.24, 2.45) is 4.99 Å². The lowest BCUT2D eigenvalue weighted by molar-refractivity contribution is -0.127. The molecular formula is C21H35N5O2. The maximum atomic E-state index is 11.9. The Labute approximate surface area is 169 Å². The van der Waals surface area contributed by atoms with Crippen LogP contribution in [0.3, 0.4) is 0 Å². The Hall–Kier alpha value is -2.12. The topological polar surface area (TPSA) is 69.2 Å². The molecule has 0 saturated carbocycles. The van der Waals surface area contributed by atoms with E-state index in [9.17, 15) is 4.79 Å². The summed E-state index contributed by atoms with van der Waals surface area (Å²) in [5.41, 5.74) is 1.24. The molecule has 1 aromatic rings. The second-order valence-corrected chi connectivity index (χ2v) is 7.88. The average molecular weight is 390 g/mol. The number of nitrogens with zero attached hydrogens (tertiary/aromatic N) is 3. The number of nitrogens with one attached hydrogen (secondary N) is 2. The van der Waals surface area contributed by atoms with Gasteiger partial charge in [-0.3, -0.25) is 9.69 Å². The summed E-state index contributed by atoms with van der Waals surface area (Å²) in [5.74, 6) is 0.657. The molecule has 7 nitrogen and oxygen atoms in total. The van der Waals surface area contributed by atoms with Gasteiger partial charge in [0.05, 0.1) is 13.2 Å². The normalized spacial score (nSPS) is 15.9. The first kappa shape index (κ1) is 22.2. The average Bonchev–Trinajstić information content (AvgIpc) is 2.70. The van der Waals surface area contributed by atoms with Crippen LogP contribution in [0.4, 0.5) is 0 Å². The standard InChI is InChI=1S/C21H35N5O2/c1-21(2,26-12-14-28-15-13-26)17-24-20(23-16-19(27)25(3)4)22-11-10-18-8-6-5-7-9-18/h5-9H,10-17H2,1-4H3,(H2,22,23,24). The van der Waals surface area contributed by atoms with Crippen molar-refractivity contribution >= 4 is 11.9 Å². The Morgan fingerprint density at radius 1 is 1.18 bits per heavy atom. The quantitative estimate of drug-likeness (QED) is 0.512. The minimum absolute atomic E-state index is 0.0170. The molecule has 0 atom stereocenters. The number of guanidine groups is 1. The van der Waals surface area contributed by atoms with Crippen molar-refractivity contribution < 1.29 is 9.53 Å². The number of aliphatic imine (C=N–C) groups is 1. The van der Waals surface area contributed by atoms with Crippen molar-refractivity contribution in [1.82, 2.24) is 20.4 Å². The molecule has 28 heavy (non-hydrogen) atoms. The number of rotatable bonds is 8. The van der Waals surface area contributed by atoms with Gasteiger partial charge >= 0.3 is 0 Å². The first-order valence-electron chi connectivity index (χ1n) is 9.97. The molecule has 1 heterocycles. The Morgan fingerprint density at radius 2 is 1.86 bits per heavy atom. The third-order valence-electron chi connectivity index (χ3n) is 4.98. The largest absolute Gasteiger partial charge is 0.379 e. The van der Waals surface area contributed by atoms with Crippen LogP contribution < -0.4 is 10.6 Å². The molecule has 2 rings (SSSR count). The SMILES string of the molecule is CN(C)C(=O)CN=C(NCCc1ccccc1)NCC(C)(C)N1CCOCC1. The smallest absolute Gasteiger partial charge is 0.243 e. The molecule has 1 aromatic carbocycles. The zero-order valence-corrected chi connectivity index (χ0v) is 17.7. The third kappa shape index (κ3) is 7.48. The summed E-state index contributed by atoms with van der Waals surface area (Å²) in [7, 11) is 3.49. The highest BCUT2D eigenvalue weighted by molar-refractivity contribution is 5.84. The predicted molar refractivity (Wildman–Crippen MR) is 114 cm³/mol. The van der Waals surface area contributed by atoms with Crippen molar-refractivity contribution in [1.29, 1.82) is 0 Å². The van der Waals surface area contributed by atoms with Gasteiger partial charge in [-0.05, 0) is 25.8 Å². The molecule has 156 valence electrons. The summed E-state index contributed by atoms with van der Waals surface area (Å²) in [5, 5.41) is 6.79. The van der Waals surface area contributed by atoms with Gasteiger partial charge in [0, 0.05) is 45.8 Å². The van der Waals surface area contributed by atoms with Gasteiger partial charge in [-0.25, -0.2) is 4.99 Å². The first-order valence-corrected chi connectivity index (χ1v) is 9.97. The van der Waals surface area contributed by atoms with Crippen molar-refractivity contribution in [2.45, 2.75) is 25.8 Å². The van der Waals surface area contributed by atoms with Crippen LogP contribution in [0.15, 0.2) is 35.3 Å². The minimum Gasteiger partial charge on any atom is -0.379 e. The summed E-state index contributed by atoms with van der Waals surface area (Å²) in [4.78, 5) is 20.4. The van der Waals surface area contributed by atoms with Crippen molar-refractivity contribution in [3.8, 4) is 0 Å². The molecular weight excluding hydrogens is 354 g/mol. The Kier molecular flexibility index (Phi) is 8.73. The first-order chi connectivity index (χ1) is 13.4. The van der Waals surface area contributed by atoms with Crippen LogP contribution in [-0.2, 0) is 16.0 Å². The second-order valence-electron chi connectivity index (χ2n) is 7.88. The van der Waals surface area contributed by atoms with E-state index < -0.39 is 0 Å². The zero-order chi connectivity index (χ0) is 20.4. The number of hydrogen-bond acceptors (Lipinski definition) is 4. The van der Waals surface area contributed by atoms with Crippen LogP contribution in [0.5, 0.6) is 0 Å². The number of amides is 1. The fourth-order valence-corrected chi connectivity index (χ4v) is 3.01. The van der Waals surface area contributed by atoms with Crippen LogP contribution in [0.25, 0.3) is 0 Å². The van der Waals surface area contributed by atoms with Gasteiger partial charge in [-0.15, -0.1) is 0 Å². The van der Waals surface area contributed by atoms with Gasteiger partial charge in [0.2, 0.25) is 5.91 Å². The van der Waals surface area contributed by atoms with Crippen LogP contribution in [0, 0.1) is 0 Å². The summed E-state index contributed by atoms with van der Waals surface area (Å²) >= 11 is 0. The molecule has 1 saturated heterocycles. The molecule has 0 aromatic heterocycles. The summed E-state index contributed by atoms with van der Waals surface area (Å²) < 4.78 is 5.46.